The van der Waals surface area contributed by atoms with Gasteiger partial charge in [-0.25, -0.2) is 4.79 Å². The van der Waals surface area contributed by atoms with E-state index in [2.05, 4.69) is 41.6 Å². The Labute approximate surface area is 148 Å². The molecular weight excluding hydrogens is 318 g/mol. The van der Waals surface area contributed by atoms with Gasteiger partial charge in [0.25, 0.3) is 5.91 Å². The zero-order chi connectivity index (χ0) is 18.1. The summed E-state index contributed by atoms with van der Waals surface area (Å²) in [6.07, 6.45) is 6.20. The molecule has 2 fully saturated rings. The first-order valence-corrected chi connectivity index (χ1v) is 9.21. The lowest BCUT2D eigenvalue weighted by Gasteiger charge is -2.20. The molecule has 7 heteroatoms. The van der Waals surface area contributed by atoms with Crippen LogP contribution in [0.5, 0.6) is 0 Å². The average molecular weight is 347 g/mol. The minimum Gasteiger partial charge on any atom is -0.323 e. The van der Waals surface area contributed by atoms with Crippen LogP contribution >= 0.6 is 0 Å². The van der Waals surface area contributed by atoms with E-state index in [1.807, 2.05) is 6.20 Å². The largest absolute Gasteiger partial charge is 0.325 e. The normalized spacial score (nSPS) is 19.9. The summed E-state index contributed by atoms with van der Waals surface area (Å²) in [7, 11) is 0. The van der Waals surface area contributed by atoms with Crippen LogP contribution in [0.25, 0.3) is 0 Å². The summed E-state index contributed by atoms with van der Waals surface area (Å²) in [4.78, 5) is 26.1. The Hall–Kier alpha value is -1.89. The number of hydrogen-bond donors (Lipinski definition) is 3. The van der Waals surface area contributed by atoms with Gasteiger partial charge in [-0.3, -0.25) is 14.8 Å². The van der Waals surface area contributed by atoms with Gasteiger partial charge in [0.2, 0.25) is 0 Å². The fourth-order valence-corrected chi connectivity index (χ4v) is 3.88. The minimum absolute atomic E-state index is 0.0279. The highest BCUT2D eigenvalue weighted by molar-refractivity contribution is 6.07. The third kappa shape index (κ3) is 3.56. The van der Waals surface area contributed by atoms with Gasteiger partial charge in [-0.1, -0.05) is 33.6 Å². The summed E-state index contributed by atoms with van der Waals surface area (Å²) in [5.74, 6) is -0.0279. The molecule has 1 aliphatic heterocycles. The van der Waals surface area contributed by atoms with E-state index >= 15 is 0 Å². The molecule has 7 nitrogen and oxygen atoms in total. The molecule has 3 N–H and O–H groups in total. The van der Waals surface area contributed by atoms with Gasteiger partial charge in [0, 0.05) is 29.8 Å². The molecular formula is C18H29N5O2. The number of urea groups is 1. The standard InChI is InChI=1S/C18H29N5O2/c1-17(2,3)14-13(12-20-22-14)11-19-9-6-10-23-15(24)18(21-16(23)25)7-4-5-8-18/h12,19H,4-11H2,1-3H3,(H,20,22)(H,21,25). The van der Waals surface area contributed by atoms with Gasteiger partial charge in [-0.15, -0.1) is 0 Å². The van der Waals surface area contributed by atoms with Gasteiger partial charge in [0.1, 0.15) is 5.54 Å². The molecule has 1 aromatic rings. The first-order valence-electron chi connectivity index (χ1n) is 9.21. The van der Waals surface area contributed by atoms with Crippen molar-refractivity contribution in [3.8, 4) is 0 Å². The van der Waals surface area contributed by atoms with E-state index in [1.165, 1.54) is 4.90 Å². The number of nitrogens with one attached hydrogen (secondary N) is 3. The maximum absolute atomic E-state index is 12.6. The summed E-state index contributed by atoms with van der Waals surface area (Å²) in [5, 5.41) is 13.5. The average Bonchev–Trinajstić information content (AvgIpc) is 3.23. The van der Waals surface area contributed by atoms with Crippen molar-refractivity contribution in [1.29, 1.82) is 0 Å². The topological polar surface area (TPSA) is 90.1 Å². The lowest BCUT2D eigenvalue weighted by molar-refractivity contribution is -0.131. The number of carbonyl (C=O) groups is 2. The fourth-order valence-electron chi connectivity index (χ4n) is 3.88. The minimum atomic E-state index is -0.594. The quantitative estimate of drug-likeness (QED) is 0.543. The fraction of sp³-hybridized carbons (Fsp3) is 0.722. The smallest absolute Gasteiger partial charge is 0.323 e. The Kier molecular flexibility index (Phi) is 4.86. The zero-order valence-corrected chi connectivity index (χ0v) is 15.4. The van der Waals surface area contributed by atoms with Crippen molar-refractivity contribution in [2.45, 2.75) is 70.4 Å². The van der Waals surface area contributed by atoms with Crippen molar-refractivity contribution >= 4 is 11.9 Å². The molecule has 138 valence electrons. The van der Waals surface area contributed by atoms with E-state index < -0.39 is 5.54 Å². The van der Waals surface area contributed by atoms with Crippen LogP contribution in [0.1, 0.15) is 64.1 Å². The molecule has 3 rings (SSSR count). The van der Waals surface area contributed by atoms with Gasteiger partial charge in [-0.2, -0.15) is 5.10 Å². The van der Waals surface area contributed by atoms with E-state index in [4.69, 9.17) is 0 Å². The highest BCUT2D eigenvalue weighted by Crippen LogP contribution is 2.35. The first-order chi connectivity index (χ1) is 11.8. The van der Waals surface area contributed by atoms with E-state index in [0.29, 0.717) is 6.54 Å². The Morgan fingerprint density at radius 3 is 2.68 bits per heavy atom. The molecule has 1 spiro atoms. The van der Waals surface area contributed by atoms with Crippen LogP contribution in [0.4, 0.5) is 4.79 Å². The number of hydrogen-bond acceptors (Lipinski definition) is 4. The summed E-state index contributed by atoms with van der Waals surface area (Å²) >= 11 is 0. The number of aromatic nitrogens is 2. The van der Waals surface area contributed by atoms with Crippen LogP contribution < -0.4 is 10.6 Å². The second-order valence-electron chi connectivity index (χ2n) is 8.23. The molecule has 0 bridgehead atoms. The molecule has 1 aromatic heterocycles. The van der Waals surface area contributed by atoms with Crippen molar-refractivity contribution in [3.05, 3.63) is 17.5 Å². The molecule has 2 aliphatic rings. The molecule has 1 aliphatic carbocycles. The monoisotopic (exact) mass is 347 g/mol. The number of aromatic amines is 1. The van der Waals surface area contributed by atoms with Crippen LogP contribution in [0.2, 0.25) is 0 Å². The lowest BCUT2D eigenvalue weighted by atomic mass is 9.89. The predicted molar refractivity (Wildman–Crippen MR) is 95.1 cm³/mol. The number of nitrogens with zero attached hydrogens (tertiary/aromatic N) is 2. The van der Waals surface area contributed by atoms with E-state index in [9.17, 15) is 9.59 Å². The second-order valence-corrected chi connectivity index (χ2v) is 8.23. The highest BCUT2D eigenvalue weighted by Gasteiger charge is 2.51. The Morgan fingerprint density at radius 2 is 2.00 bits per heavy atom. The molecule has 0 unspecified atom stereocenters. The molecule has 1 saturated heterocycles. The third-order valence-electron chi connectivity index (χ3n) is 5.22. The summed E-state index contributed by atoms with van der Waals surface area (Å²) in [6, 6.07) is -0.225. The Balaban J connectivity index is 1.44. The lowest BCUT2D eigenvalue weighted by Crippen LogP contribution is -2.44. The van der Waals surface area contributed by atoms with Gasteiger partial charge in [0.15, 0.2) is 0 Å². The van der Waals surface area contributed by atoms with Crippen molar-refractivity contribution in [3.63, 3.8) is 0 Å². The summed E-state index contributed by atoms with van der Waals surface area (Å²) < 4.78 is 0. The Bertz CT molecular complexity index is 640. The van der Waals surface area contributed by atoms with Crippen LogP contribution in [0, 0.1) is 0 Å². The van der Waals surface area contributed by atoms with Crippen molar-refractivity contribution in [2.24, 2.45) is 0 Å². The van der Waals surface area contributed by atoms with Gasteiger partial charge >= 0.3 is 6.03 Å². The van der Waals surface area contributed by atoms with E-state index in [-0.39, 0.29) is 17.4 Å². The van der Waals surface area contributed by atoms with E-state index in [0.717, 1.165) is 56.5 Å². The second kappa shape index (κ2) is 6.78. The predicted octanol–water partition coefficient (Wildman–Crippen LogP) is 2.05. The van der Waals surface area contributed by atoms with E-state index in [1.54, 1.807) is 0 Å². The number of imide groups is 1. The maximum atomic E-state index is 12.6. The summed E-state index contributed by atoms with van der Waals surface area (Å²) in [5.41, 5.74) is 1.73. The van der Waals surface area contributed by atoms with Crippen LogP contribution in [-0.2, 0) is 16.8 Å². The molecule has 0 atom stereocenters. The number of amides is 3. The number of H-pyrrole nitrogens is 1. The van der Waals surface area contributed by atoms with Crippen LogP contribution in [0.15, 0.2) is 6.20 Å². The third-order valence-corrected chi connectivity index (χ3v) is 5.22. The molecule has 1 saturated carbocycles. The molecule has 2 heterocycles. The van der Waals surface area contributed by atoms with Crippen molar-refractivity contribution < 1.29 is 9.59 Å². The van der Waals surface area contributed by atoms with Gasteiger partial charge in [0.05, 0.1) is 6.20 Å². The highest BCUT2D eigenvalue weighted by atomic mass is 16.2. The van der Waals surface area contributed by atoms with Gasteiger partial charge < -0.3 is 10.6 Å². The molecule has 0 aromatic carbocycles. The Morgan fingerprint density at radius 1 is 1.28 bits per heavy atom. The zero-order valence-electron chi connectivity index (χ0n) is 15.4. The SMILES string of the molecule is CC(C)(C)c1[nH]ncc1CNCCCN1C(=O)NC2(CCCC2)C1=O. The van der Waals surface area contributed by atoms with Crippen molar-refractivity contribution in [1.82, 2.24) is 25.7 Å². The molecule has 25 heavy (non-hydrogen) atoms. The summed E-state index contributed by atoms with van der Waals surface area (Å²) in [6.45, 7) is 8.41. The van der Waals surface area contributed by atoms with Crippen LogP contribution in [0.3, 0.4) is 0 Å². The van der Waals surface area contributed by atoms with Crippen molar-refractivity contribution in [2.75, 3.05) is 13.1 Å². The maximum Gasteiger partial charge on any atom is 0.325 e. The number of rotatable bonds is 6. The van der Waals surface area contributed by atoms with Gasteiger partial charge in [-0.05, 0) is 25.8 Å². The molecule has 3 amide bonds. The molecule has 0 radical (unpaired) electrons. The first kappa shape index (κ1) is 17.9. The van der Waals surface area contributed by atoms with Crippen LogP contribution in [-0.4, -0.2) is 45.7 Å². The number of carbonyl (C=O) groups excluding carboxylic acids is 2.